The molecule has 0 aromatic rings. The fourth-order valence-electron chi connectivity index (χ4n) is 1.77. The SMILES string of the molecule is CC=CC(=O)C=CCC(C)CCCC(C)CC. The average Bonchev–Trinajstić information content (AvgIpc) is 2.29. The van der Waals surface area contributed by atoms with Crippen molar-refractivity contribution in [3.8, 4) is 0 Å². The molecular weight excluding hydrogens is 208 g/mol. The van der Waals surface area contributed by atoms with Crippen molar-refractivity contribution in [1.29, 1.82) is 0 Å². The van der Waals surface area contributed by atoms with Crippen LogP contribution >= 0.6 is 0 Å². The van der Waals surface area contributed by atoms with Gasteiger partial charge >= 0.3 is 0 Å². The van der Waals surface area contributed by atoms with Crippen LogP contribution in [-0.2, 0) is 4.79 Å². The van der Waals surface area contributed by atoms with Crippen LogP contribution in [0.15, 0.2) is 24.3 Å². The molecule has 0 aliphatic rings. The van der Waals surface area contributed by atoms with E-state index in [0.717, 1.165) is 12.3 Å². The molecule has 2 unspecified atom stereocenters. The lowest BCUT2D eigenvalue weighted by molar-refractivity contribution is -0.110. The first-order chi connectivity index (χ1) is 8.10. The van der Waals surface area contributed by atoms with E-state index in [9.17, 15) is 4.79 Å². The summed E-state index contributed by atoms with van der Waals surface area (Å²) in [5, 5.41) is 0. The lowest BCUT2D eigenvalue weighted by atomic mass is 9.95. The third kappa shape index (κ3) is 10.0. The first-order valence-electron chi connectivity index (χ1n) is 6.93. The van der Waals surface area contributed by atoms with E-state index in [1.165, 1.54) is 25.7 Å². The number of hydrogen-bond acceptors (Lipinski definition) is 1. The van der Waals surface area contributed by atoms with Gasteiger partial charge in [0.1, 0.15) is 0 Å². The molecule has 98 valence electrons. The molecule has 0 saturated carbocycles. The maximum absolute atomic E-state index is 11.2. The molecular formula is C16H28O. The maximum atomic E-state index is 11.2. The van der Waals surface area contributed by atoms with Crippen molar-refractivity contribution in [3.63, 3.8) is 0 Å². The second-order valence-electron chi connectivity index (χ2n) is 5.09. The normalized spacial score (nSPS) is 15.5. The Kier molecular flexibility index (Phi) is 9.80. The van der Waals surface area contributed by atoms with Gasteiger partial charge in [-0.15, -0.1) is 0 Å². The van der Waals surface area contributed by atoms with Crippen LogP contribution in [-0.4, -0.2) is 5.78 Å². The Labute approximate surface area is 107 Å². The van der Waals surface area contributed by atoms with Crippen LogP contribution in [0.5, 0.6) is 0 Å². The zero-order valence-corrected chi connectivity index (χ0v) is 11.9. The van der Waals surface area contributed by atoms with E-state index in [1.807, 2.05) is 13.0 Å². The van der Waals surface area contributed by atoms with Crippen LogP contribution in [0, 0.1) is 11.8 Å². The highest BCUT2D eigenvalue weighted by molar-refractivity contribution is 5.98. The summed E-state index contributed by atoms with van der Waals surface area (Å²) < 4.78 is 0. The Morgan fingerprint density at radius 1 is 1.12 bits per heavy atom. The van der Waals surface area contributed by atoms with E-state index in [4.69, 9.17) is 0 Å². The minimum atomic E-state index is 0.0966. The van der Waals surface area contributed by atoms with Crippen LogP contribution < -0.4 is 0 Å². The molecule has 0 aliphatic heterocycles. The first-order valence-corrected chi connectivity index (χ1v) is 6.93. The summed E-state index contributed by atoms with van der Waals surface area (Å²) in [6.45, 7) is 8.70. The van der Waals surface area contributed by atoms with E-state index in [-0.39, 0.29) is 5.78 Å². The molecule has 0 spiro atoms. The topological polar surface area (TPSA) is 17.1 Å². The summed E-state index contributed by atoms with van der Waals surface area (Å²) in [4.78, 5) is 11.2. The van der Waals surface area contributed by atoms with E-state index in [1.54, 1.807) is 18.2 Å². The monoisotopic (exact) mass is 236 g/mol. The zero-order valence-electron chi connectivity index (χ0n) is 11.9. The van der Waals surface area contributed by atoms with E-state index in [0.29, 0.717) is 5.92 Å². The Morgan fingerprint density at radius 3 is 2.35 bits per heavy atom. The molecule has 17 heavy (non-hydrogen) atoms. The summed E-state index contributed by atoms with van der Waals surface area (Å²) in [5.74, 6) is 1.64. The van der Waals surface area contributed by atoms with Gasteiger partial charge in [-0.1, -0.05) is 58.6 Å². The van der Waals surface area contributed by atoms with Crippen LogP contribution in [0.25, 0.3) is 0 Å². The van der Waals surface area contributed by atoms with Gasteiger partial charge in [0, 0.05) is 0 Å². The van der Waals surface area contributed by atoms with Gasteiger partial charge in [-0.25, -0.2) is 0 Å². The Bertz CT molecular complexity index is 250. The van der Waals surface area contributed by atoms with Gasteiger partial charge in [0.25, 0.3) is 0 Å². The molecule has 0 rings (SSSR count). The molecule has 0 bridgehead atoms. The van der Waals surface area contributed by atoms with Gasteiger partial charge in [-0.3, -0.25) is 4.79 Å². The van der Waals surface area contributed by atoms with Crippen molar-refractivity contribution >= 4 is 5.78 Å². The lowest BCUT2D eigenvalue weighted by Gasteiger charge is -2.11. The van der Waals surface area contributed by atoms with Gasteiger partial charge in [0.2, 0.25) is 0 Å². The molecule has 0 aromatic carbocycles. The van der Waals surface area contributed by atoms with Crippen LogP contribution in [0.3, 0.4) is 0 Å². The zero-order chi connectivity index (χ0) is 13.1. The predicted molar refractivity (Wildman–Crippen MR) is 76.0 cm³/mol. The molecule has 0 saturated heterocycles. The molecule has 0 heterocycles. The Morgan fingerprint density at radius 2 is 1.76 bits per heavy atom. The summed E-state index contributed by atoms with van der Waals surface area (Å²) in [6, 6.07) is 0. The molecule has 0 amide bonds. The third-order valence-corrected chi connectivity index (χ3v) is 3.24. The fraction of sp³-hybridized carbons (Fsp3) is 0.688. The second kappa shape index (κ2) is 10.3. The minimum Gasteiger partial charge on any atom is -0.290 e. The second-order valence-corrected chi connectivity index (χ2v) is 5.09. The molecule has 0 aliphatic carbocycles. The molecule has 0 radical (unpaired) electrons. The van der Waals surface area contributed by atoms with Gasteiger partial charge < -0.3 is 0 Å². The van der Waals surface area contributed by atoms with Gasteiger partial charge in [0.15, 0.2) is 5.78 Å². The molecule has 0 aromatic heterocycles. The van der Waals surface area contributed by atoms with Crippen molar-refractivity contribution < 1.29 is 4.79 Å². The third-order valence-electron chi connectivity index (χ3n) is 3.24. The summed E-state index contributed by atoms with van der Waals surface area (Å²) in [5.41, 5.74) is 0. The number of carbonyl (C=O) groups is 1. The van der Waals surface area contributed by atoms with E-state index < -0.39 is 0 Å². The van der Waals surface area contributed by atoms with Crippen molar-refractivity contribution in [2.45, 2.75) is 59.8 Å². The van der Waals surface area contributed by atoms with Crippen molar-refractivity contribution in [2.24, 2.45) is 11.8 Å². The summed E-state index contributed by atoms with van der Waals surface area (Å²) in [6.07, 6.45) is 13.3. The van der Waals surface area contributed by atoms with Crippen molar-refractivity contribution in [1.82, 2.24) is 0 Å². The highest BCUT2D eigenvalue weighted by Gasteiger charge is 2.02. The first kappa shape index (κ1) is 16.1. The molecule has 0 N–H and O–H groups in total. The predicted octanol–water partition coefficient (Wildman–Crippen LogP) is 4.93. The fourth-order valence-corrected chi connectivity index (χ4v) is 1.77. The molecule has 2 atom stereocenters. The van der Waals surface area contributed by atoms with Crippen LogP contribution in [0.4, 0.5) is 0 Å². The van der Waals surface area contributed by atoms with Crippen LogP contribution in [0.2, 0.25) is 0 Å². The van der Waals surface area contributed by atoms with Gasteiger partial charge in [0.05, 0.1) is 0 Å². The lowest BCUT2D eigenvalue weighted by Crippen LogP contribution is -1.97. The maximum Gasteiger partial charge on any atom is 0.177 e. The smallest absolute Gasteiger partial charge is 0.177 e. The Hall–Kier alpha value is -0.850. The number of allylic oxidation sites excluding steroid dienone is 4. The van der Waals surface area contributed by atoms with Crippen LogP contribution in [0.1, 0.15) is 59.8 Å². The Balaban J connectivity index is 3.65. The number of hydrogen-bond donors (Lipinski definition) is 0. The van der Waals surface area contributed by atoms with E-state index >= 15 is 0 Å². The van der Waals surface area contributed by atoms with Gasteiger partial charge in [-0.2, -0.15) is 0 Å². The largest absolute Gasteiger partial charge is 0.290 e. The average molecular weight is 236 g/mol. The number of ketones is 1. The molecule has 0 fully saturated rings. The molecule has 1 nitrogen and oxygen atoms in total. The minimum absolute atomic E-state index is 0.0966. The number of rotatable bonds is 9. The quantitative estimate of drug-likeness (QED) is 0.519. The van der Waals surface area contributed by atoms with Gasteiger partial charge in [-0.05, 0) is 37.3 Å². The highest BCUT2D eigenvalue weighted by atomic mass is 16.1. The van der Waals surface area contributed by atoms with Crippen molar-refractivity contribution in [2.75, 3.05) is 0 Å². The standard InChI is InChI=1S/C16H28O/c1-5-9-16(17)13-8-12-15(4)11-7-10-14(3)6-2/h5,8-9,13-15H,6-7,10-12H2,1-4H3. The van der Waals surface area contributed by atoms with E-state index in [2.05, 4.69) is 20.8 Å². The number of carbonyl (C=O) groups excluding carboxylic acids is 1. The molecule has 1 heteroatoms. The summed E-state index contributed by atoms with van der Waals surface area (Å²) in [7, 11) is 0. The van der Waals surface area contributed by atoms with Crippen molar-refractivity contribution in [3.05, 3.63) is 24.3 Å². The highest BCUT2D eigenvalue weighted by Crippen LogP contribution is 2.17. The summed E-state index contributed by atoms with van der Waals surface area (Å²) >= 11 is 0.